The van der Waals surface area contributed by atoms with E-state index < -0.39 is 12.1 Å². The van der Waals surface area contributed by atoms with Crippen molar-refractivity contribution in [2.75, 3.05) is 39.3 Å². The highest BCUT2D eigenvalue weighted by atomic mass is 19.4. The summed E-state index contributed by atoms with van der Waals surface area (Å²) in [5.74, 6) is -1.25. The third-order valence-electron chi connectivity index (χ3n) is 6.52. The van der Waals surface area contributed by atoms with Gasteiger partial charge in [0.1, 0.15) is 0 Å². The molecule has 6 nitrogen and oxygen atoms in total. The highest BCUT2D eigenvalue weighted by Gasteiger charge is 2.42. The number of aliphatic carboxylic acids is 1. The summed E-state index contributed by atoms with van der Waals surface area (Å²) < 4.78 is 37.8. The third kappa shape index (κ3) is 6.93. The zero-order valence-corrected chi connectivity index (χ0v) is 18.1. The molecule has 0 aromatic heterocycles. The van der Waals surface area contributed by atoms with Gasteiger partial charge in [0.25, 0.3) is 0 Å². The standard InChI is InChI=1S/C21H30N2O2.C2HF3O2/c24-21(23-10-4-5-11-23)14-20-19-9-13-22(15-18(19)16-25-20)12-8-17-6-2-1-3-7-17;3-2(4,5)1(6)7/h1-3,6-7,18-20H,4-5,8-16H2;(H,6,7)/t18-,19-,20+;/m1./s1. The number of carboxylic acid groups (broad SMARTS) is 1. The lowest BCUT2D eigenvalue weighted by Gasteiger charge is -2.35. The van der Waals surface area contributed by atoms with E-state index in [1.807, 2.05) is 4.90 Å². The van der Waals surface area contributed by atoms with Crippen LogP contribution in [-0.4, -0.2) is 78.4 Å². The number of benzene rings is 1. The molecule has 0 saturated carbocycles. The second-order valence-corrected chi connectivity index (χ2v) is 8.72. The third-order valence-corrected chi connectivity index (χ3v) is 6.52. The molecule has 3 atom stereocenters. The first-order valence-electron chi connectivity index (χ1n) is 11.2. The smallest absolute Gasteiger partial charge is 0.475 e. The lowest BCUT2D eigenvalue weighted by molar-refractivity contribution is -0.192. The van der Waals surface area contributed by atoms with Crippen LogP contribution in [0.4, 0.5) is 13.2 Å². The van der Waals surface area contributed by atoms with Crippen LogP contribution in [0.15, 0.2) is 30.3 Å². The summed E-state index contributed by atoms with van der Waals surface area (Å²) >= 11 is 0. The first-order valence-corrected chi connectivity index (χ1v) is 11.2. The Hall–Kier alpha value is -2.13. The summed E-state index contributed by atoms with van der Waals surface area (Å²) in [5.41, 5.74) is 1.42. The minimum absolute atomic E-state index is 0.161. The second-order valence-electron chi connectivity index (χ2n) is 8.72. The van der Waals surface area contributed by atoms with Crippen LogP contribution in [0.25, 0.3) is 0 Å². The van der Waals surface area contributed by atoms with Crippen molar-refractivity contribution in [3.8, 4) is 0 Å². The number of nitrogens with zero attached hydrogens (tertiary/aromatic N) is 2. The van der Waals surface area contributed by atoms with Gasteiger partial charge < -0.3 is 19.6 Å². The van der Waals surface area contributed by atoms with E-state index in [0.29, 0.717) is 24.2 Å². The number of carbonyl (C=O) groups excluding carboxylic acids is 1. The van der Waals surface area contributed by atoms with Gasteiger partial charge in [0.2, 0.25) is 5.91 Å². The molecular weight excluding hydrogens is 425 g/mol. The van der Waals surface area contributed by atoms with Crippen LogP contribution in [-0.2, 0) is 20.7 Å². The maximum absolute atomic E-state index is 12.4. The molecule has 0 bridgehead atoms. The lowest BCUT2D eigenvalue weighted by atomic mass is 9.83. The van der Waals surface area contributed by atoms with Crippen molar-refractivity contribution in [1.29, 1.82) is 0 Å². The Labute approximate surface area is 186 Å². The fraction of sp³-hybridized carbons (Fsp3) is 0.652. The highest BCUT2D eigenvalue weighted by Crippen LogP contribution is 2.36. The minimum Gasteiger partial charge on any atom is -0.475 e. The van der Waals surface area contributed by atoms with Crippen molar-refractivity contribution in [2.45, 2.75) is 44.4 Å². The first-order chi connectivity index (χ1) is 15.2. The second kappa shape index (κ2) is 11.1. The van der Waals surface area contributed by atoms with E-state index in [-0.39, 0.29) is 6.10 Å². The van der Waals surface area contributed by atoms with Crippen LogP contribution >= 0.6 is 0 Å². The number of halogens is 3. The summed E-state index contributed by atoms with van der Waals surface area (Å²) in [6, 6.07) is 10.7. The number of hydrogen-bond donors (Lipinski definition) is 1. The Morgan fingerprint density at radius 3 is 2.38 bits per heavy atom. The molecule has 0 unspecified atom stereocenters. The summed E-state index contributed by atoms with van der Waals surface area (Å²) in [4.78, 5) is 25.9. The molecule has 1 aromatic carbocycles. The molecule has 3 fully saturated rings. The number of ether oxygens (including phenoxy) is 1. The molecule has 0 aliphatic carbocycles. The molecule has 3 aliphatic rings. The van der Waals surface area contributed by atoms with Crippen molar-refractivity contribution >= 4 is 11.9 Å². The average molecular weight is 457 g/mol. The van der Waals surface area contributed by atoms with Crippen molar-refractivity contribution in [1.82, 2.24) is 9.80 Å². The lowest BCUT2D eigenvalue weighted by Crippen LogP contribution is -2.43. The van der Waals surface area contributed by atoms with Crippen molar-refractivity contribution in [3.63, 3.8) is 0 Å². The highest BCUT2D eigenvalue weighted by molar-refractivity contribution is 5.77. The van der Waals surface area contributed by atoms with Crippen LogP contribution in [0.3, 0.4) is 0 Å². The van der Waals surface area contributed by atoms with E-state index in [4.69, 9.17) is 14.6 Å². The Kier molecular flexibility index (Phi) is 8.53. The Morgan fingerprint density at radius 1 is 1.09 bits per heavy atom. The molecule has 0 spiro atoms. The molecule has 9 heteroatoms. The van der Waals surface area contributed by atoms with Gasteiger partial charge in [-0.25, -0.2) is 4.79 Å². The van der Waals surface area contributed by atoms with E-state index in [1.54, 1.807) is 0 Å². The number of carbonyl (C=O) groups is 2. The van der Waals surface area contributed by atoms with Crippen molar-refractivity contribution in [2.24, 2.45) is 11.8 Å². The van der Waals surface area contributed by atoms with E-state index in [9.17, 15) is 18.0 Å². The van der Waals surface area contributed by atoms with Crippen LogP contribution in [0.2, 0.25) is 0 Å². The summed E-state index contributed by atoms with van der Waals surface area (Å²) in [7, 11) is 0. The Balaban J connectivity index is 0.000000360. The van der Waals surface area contributed by atoms with Crippen LogP contribution in [0.1, 0.15) is 31.2 Å². The summed E-state index contributed by atoms with van der Waals surface area (Å²) in [6.07, 6.45) is 0.312. The molecule has 32 heavy (non-hydrogen) atoms. The van der Waals surface area contributed by atoms with Crippen LogP contribution in [0.5, 0.6) is 0 Å². The first kappa shape index (κ1) is 24.5. The van der Waals surface area contributed by atoms with Crippen molar-refractivity contribution < 1.29 is 32.6 Å². The predicted molar refractivity (Wildman–Crippen MR) is 112 cm³/mol. The van der Waals surface area contributed by atoms with Crippen molar-refractivity contribution in [3.05, 3.63) is 35.9 Å². The molecule has 4 rings (SSSR count). The number of rotatable bonds is 5. The fourth-order valence-electron chi connectivity index (χ4n) is 4.78. The van der Waals surface area contributed by atoms with Gasteiger partial charge in [-0.1, -0.05) is 30.3 Å². The molecule has 3 aliphatic heterocycles. The Morgan fingerprint density at radius 2 is 1.75 bits per heavy atom. The van der Waals surface area contributed by atoms with E-state index in [0.717, 1.165) is 45.8 Å². The number of fused-ring (bicyclic) bond motifs is 1. The van der Waals surface area contributed by atoms with Gasteiger partial charge >= 0.3 is 12.1 Å². The summed E-state index contributed by atoms with van der Waals surface area (Å²) in [6.45, 7) is 6.15. The van der Waals surface area contributed by atoms with E-state index >= 15 is 0 Å². The number of likely N-dealkylation sites (tertiary alicyclic amines) is 2. The number of amides is 1. The van der Waals surface area contributed by atoms with Crippen LogP contribution < -0.4 is 0 Å². The van der Waals surface area contributed by atoms with Gasteiger partial charge in [-0.2, -0.15) is 13.2 Å². The zero-order valence-electron chi connectivity index (χ0n) is 18.1. The van der Waals surface area contributed by atoms with Gasteiger partial charge in [-0.3, -0.25) is 4.79 Å². The molecule has 1 aromatic rings. The monoisotopic (exact) mass is 456 g/mol. The zero-order chi connectivity index (χ0) is 23.1. The van der Waals surface area contributed by atoms with E-state index in [1.165, 1.54) is 24.8 Å². The quantitative estimate of drug-likeness (QED) is 0.737. The molecule has 1 amide bonds. The number of carboxylic acids is 1. The molecule has 178 valence electrons. The maximum Gasteiger partial charge on any atom is 0.490 e. The predicted octanol–water partition coefficient (Wildman–Crippen LogP) is 3.21. The van der Waals surface area contributed by atoms with Gasteiger partial charge in [-0.05, 0) is 43.7 Å². The molecular formula is C23H31F3N2O4. The number of hydrogen-bond acceptors (Lipinski definition) is 4. The molecule has 3 saturated heterocycles. The normalized spacial score (nSPS) is 25.7. The minimum atomic E-state index is -5.08. The molecule has 3 heterocycles. The fourth-order valence-corrected chi connectivity index (χ4v) is 4.78. The van der Waals surface area contributed by atoms with Gasteiger partial charge in [0.15, 0.2) is 0 Å². The SMILES string of the molecule is O=C(C[C@@H]1OC[C@H]2CN(CCc3ccccc3)CC[C@H]21)N1CCCC1.O=C(O)C(F)(F)F. The van der Waals surface area contributed by atoms with Crippen LogP contribution in [0, 0.1) is 11.8 Å². The van der Waals surface area contributed by atoms with Gasteiger partial charge in [0.05, 0.1) is 19.1 Å². The Bertz CT molecular complexity index is 753. The topological polar surface area (TPSA) is 70.1 Å². The summed E-state index contributed by atoms with van der Waals surface area (Å²) in [5, 5.41) is 7.12. The maximum atomic E-state index is 12.4. The van der Waals surface area contributed by atoms with Gasteiger partial charge in [-0.15, -0.1) is 0 Å². The molecule has 1 N–H and O–H groups in total. The molecule has 0 radical (unpaired) electrons. The largest absolute Gasteiger partial charge is 0.490 e. The average Bonchev–Trinajstić information content (AvgIpc) is 3.43. The number of alkyl halides is 3. The number of piperidine rings is 1. The van der Waals surface area contributed by atoms with Gasteiger partial charge in [0, 0.05) is 32.1 Å². The van der Waals surface area contributed by atoms with E-state index in [2.05, 4.69) is 35.2 Å².